The third-order valence-corrected chi connectivity index (χ3v) is 6.23. The first-order valence-corrected chi connectivity index (χ1v) is 11.2. The number of amides is 2. The molecule has 2 fully saturated rings. The fourth-order valence-corrected chi connectivity index (χ4v) is 4.12. The summed E-state index contributed by atoms with van der Waals surface area (Å²) in [6.07, 6.45) is 3.26. The van der Waals surface area contributed by atoms with Crippen molar-refractivity contribution in [3.8, 4) is 0 Å². The van der Waals surface area contributed by atoms with Crippen molar-refractivity contribution in [2.24, 2.45) is 5.92 Å². The Hall–Kier alpha value is -2.67. The van der Waals surface area contributed by atoms with Crippen molar-refractivity contribution in [2.75, 3.05) is 26.2 Å². The van der Waals surface area contributed by atoms with Crippen molar-refractivity contribution >= 4 is 11.8 Å². The molecule has 1 aliphatic carbocycles. The van der Waals surface area contributed by atoms with E-state index in [0.717, 1.165) is 22.5 Å². The highest BCUT2D eigenvalue weighted by atomic mass is 16.5. The van der Waals surface area contributed by atoms with E-state index in [2.05, 4.69) is 10.2 Å². The Kier molecular flexibility index (Phi) is 6.70. The molecule has 2 heterocycles. The van der Waals surface area contributed by atoms with Gasteiger partial charge in [-0.3, -0.25) is 14.7 Å². The topological polar surface area (TPSA) is 78.5 Å². The van der Waals surface area contributed by atoms with E-state index in [9.17, 15) is 9.59 Å². The van der Waals surface area contributed by atoms with Crippen LogP contribution in [0.3, 0.4) is 0 Å². The number of hydrogen-bond acceptors (Lipinski definition) is 4. The second-order valence-electron chi connectivity index (χ2n) is 8.85. The summed E-state index contributed by atoms with van der Waals surface area (Å²) in [4.78, 5) is 29.6. The van der Waals surface area contributed by atoms with Crippen molar-refractivity contribution in [3.63, 3.8) is 0 Å². The number of nitrogens with zero attached hydrogens (tertiary/aromatic N) is 3. The molecule has 0 spiro atoms. The van der Waals surface area contributed by atoms with Crippen LogP contribution in [-0.2, 0) is 27.3 Å². The van der Waals surface area contributed by atoms with Gasteiger partial charge >= 0.3 is 0 Å². The third kappa shape index (κ3) is 5.73. The van der Waals surface area contributed by atoms with Crippen LogP contribution in [0.15, 0.2) is 30.3 Å². The largest absolute Gasteiger partial charge is 0.374 e. The predicted molar refractivity (Wildman–Crippen MR) is 117 cm³/mol. The van der Waals surface area contributed by atoms with Gasteiger partial charge in [0.05, 0.1) is 18.3 Å². The Balaban J connectivity index is 1.43. The second kappa shape index (κ2) is 9.64. The van der Waals surface area contributed by atoms with E-state index in [4.69, 9.17) is 4.74 Å². The molecule has 1 aromatic heterocycles. The SMILES string of the molecule is Cc1n[nH]c(C)c1CCC(=O)N1CC(=O)N(Cc2ccccc2)CC(OCC2CC2)C1. The summed E-state index contributed by atoms with van der Waals surface area (Å²) in [6.45, 7) is 6.26. The molecule has 7 nitrogen and oxygen atoms in total. The Bertz CT molecular complexity index is 887. The minimum atomic E-state index is -0.155. The molecule has 2 aliphatic rings. The normalized spacial score (nSPS) is 19.5. The van der Waals surface area contributed by atoms with Crippen molar-refractivity contribution < 1.29 is 14.3 Å². The van der Waals surface area contributed by atoms with Gasteiger partial charge in [0.2, 0.25) is 11.8 Å². The van der Waals surface area contributed by atoms with Gasteiger partial charge in [-0.2, -0.15) is 5.10 Å². The maximum atomic E-state index is 13.0. The van der Waals surface area contributed by atoms with Crippen LogP contribution in [0.1, 0.15) is 41.8 Å². The minimum absolute atomic E-state index is 0.00469. The van der Waals surface area contributed by atoms with Crippen LogP contribution in [0, 0.1) is 19.8 Å². The average Bonchev–Trinajstić information content (AvgIpc) is 3.55. The Labute approximate surface area is 183 Å². The average molecular weight is 425 g/mol. The first kappa shape index (κ1) is 21.6. The van der Waals surface area contributed by atoms with E-state index < -0.39 is 0 Å². The lowest BCUT2D eigenvalue weighted by molar-refractivity contribution is -0.139. The molecule has 31 heavy (non-hydrogen) atoms. The lowest BCUT2D eigenvalue weighted by Crippen LogP contribution is -2.40. The molecule has 1 unspecified atom stereocenters. The van der Waals surface area contributed by atoms with Gasteiger partial charge < -0.3 is 14.5 Å². The molecule has 1 N–H and O–H groups in total. The lowest BCUT2D eigenvalue weighted by atomic mass is 10.1. The number of aromatic amines is 1. The number of rotatable bonds is 8. The van der Waals surface area contributed by atoms with E-state index in [1.807, 2.05) is 49.1 Å². The molecule has 2 aromatic rings. The highest BCUT2D eigenvalue weighted by molar-refractivity contribution is 5.85. The van der Waals surface area contributed by atoms with Gasteiger partial charge in [0.15, 0.2) is 0 Å². The van der Waals surface area contributed by atoms with Crippen LogP contribution >= 0.6 is 0 Å². The van der Waals surface area contributed by atoms with Gasteiger partial charge in [0, 0.05) is 38.4 Å². The zero-order chi connectivity index (χ0) is 21.8. The number of H-pyrrole nitrogens is 1. The molecule has 4 rings (SSSR count). The second-order valence-corrected chi connectivity index (χ2v) is 8.85. The van der Waals surface area contributed by atoms with Crippen molar-refractivity contribution in [3.05, 3.63) is 52.8 Å². The number of carbonyl (C=O) groups is 2. The highest BCUT2D eigenvalue weighted by Gasteiger charge is 2.32. The standard InChI is InChI=1S/C24H32N4O3/c1-17-22(18(2)26-25-17)10-11-23(29)28-14-21(31-16-20-8-9-20)13-27(24(30)15-28)12-19-6-4-3-5-7-19/h3-7,20-21H,8-16H2,1-2H3,(H,25,26). The first-order chi connectivity index (χ1) is 15.0. The third-order valence-electron chi connectivity index (χ3n) is 6.23. The maximum absolute atomic E-state index is 13.0. The van der Waals surface area contributed by atoms with Crippen LogP contribution in [0.2, 0.25) is 0 Å². The maximum Gasteiger partial charge on any atom is 0.242 e. The zero-order valence-corrected chi connectivity index (χ0v) is 18.5. The van der Waals surface area contributed by atoms with Crippen LogP contribution in [0.4, 0.5) is 0 Å². The number of aryl methyl sites for hydroxylation is 2. The molecule has 2 amide bonds. The summed E-state index contributed by atoms with van der Waals surface area (Å²) >= 11 is 0. The Morgan fingerprint density at radius 3 is 2.65 bits per heavy atom. The van der Waals surface area contributed by atoms with E-state index >= 15 is 0 Å². The number of benzene rings is 1. The summed E-state index contributed by atoms with van der Waals surface area (Å²) < 4.78 is 6.17. The molecule has 166 valence electrons. The first-order valence-electron chi connectivity index (χ1n) is 11.2. The predicted octanol–water partition coefficient (Wildman–Crippen LogP) is 2.63. The quantitative estimate of drug-likeness (QED) is 0.707. The molecule has 0 radical (unpaired) electrons. The van der Waals surface area contributed by atoms with Gasteiger partial charge in [0.25, 0.3) is 0 Å². The molecule has 1 atom stereocenters. The summed E-state index contributed by atoms with van der Waals surface area (Å²) in [5.74, 6) is 0.609. The summed E-state index contributed by atoms with van der Waals surface area (Å²) in [5.41, 5.74) is 4.10. The monoisotopic (exact) mass is 424 g/mol. The molecule has 1 saturated carbocycles. The van der Waals surface area contributed by atoms with Crippen LogP contribution in [-0.4, -0.2) is 64.2 Å². The van der Waals surface area contributed by atoms with Crippen LogP contribution < -0.4 is 0 Å². The summed E-state index contributed by atoms with van der Waals surface area (Å²) in [7, 11) is 0. The van der Waals surface area contributed by atoms with E-state index in [-0.39, 0.29) is 24.5 Å². The van der Waals surface area contributed by atoms with Crippen LogP contribution in [0.5, 0.6) is 0 Å². The Morgan fingerprint density at radius 1 is 1.19 bits per heavy atom. The molecule has 0 bridgehead atoms. The van der Waals surface area contributed by atoms with Gasteiger partial charge in [0.1, 0.15) is 0 Å². The van der Waals surface area contributed by atoms with Gasteiger partial charge in [-0.15, -0.1) is 0 Å². The fourth-order valence-electron chi connectivity index (χ4n) is 4.12. The van der Waals surface area contributed by atoms with Crippen molar-refractivity contribution in [2.45, 2.75) is 52.2 Å². The number of carbonyl (C=O) groups excluding carboxylic acids is 2. The van der Waals surface area contributed by atoms with Gasteiger partial charge in [-0.1, -0.05) is 30.3 Å². The highest BCUT2D eigenvalue weighted by Crippen LogP contribution is 2.29. The van der Waals surface area contributed by atoms with Crippen molar-refractivity contribution in [1.29, 1.82) is 0 Å². The smallest absolute Gasteiger partial charge is 0.242 e. The summed E-state index contributed by atoms with van der Waals surface area (Å²) in [5, 5.41) is 7.18. The fraction of sp³-hybridized carbons (Fsp3) is 0.542. The Morgan fingerprint density at radius 2 is 1.97 bits per heavy atom. The number of nitrogens with one attached hydrogen (secondary N) is 1. The van der Waals surface area contributed by atoms with Crippen LogP contribution in [0.25, 0.3) is 0 Å². The molecule has 1 aromatic carbocycles. The number of ether oxygens (including phenoxy) is 1. The lowest BCUT2D eigenvalue weighted by Gasteiger charge is -2.25. The van der Waals surface area contributed by atoms with Crippen molar-refractivity contribution in [1.82, 2.24) is 20.0 Å². The zero-order valence-electron chi connectivity index (χ0n) is 18.5. The molecule has 1 saturated heterocycles. The van der Waals surface area contributed by atoms with E-state index in [0.29, 0.717) is 45.0 Å². The minimum Gasteiger partial charge on any atom is -0.374 e. The van der Waals surface area contributed by atoms with Gasteiger partial charge in [-0.05, 0) is 50.2 Å². The molecule has 1 aliphatic heterocycles. The molecular weight excluding hydrogens is 392 g/mol. The number of hydrogen-bond donors (Lipinski definition) is 1. The molecular formula is C24H32N4O3. The number of aromatic nitrogens is 2. The van der Waals surface area contributed by atoms with E-state index in [1.54, 1.807) is 4.90 Å². The molecule has 7 heteroatoms. The van der Waals surface area contributed by atoms with E-state index in [1.165, 1.54) is 12.8 Å². The van der Waals surface area contributed by atoms with Gasteiger partial charge in [-0.25, -0.2) is 0 Å². The summed E-state index contributed by atoms with van der Waals surface area (Å²) in [6, 6.07) is 9.98.